The van der Waals surface area contributed by atoms with Gasteiger partial charge in [0.1, 0.15) is 4.91 Å². The molecule has 0 radical (unpaired) electrons. The predicted octanol–water partition coefficient (Wildman–Crippen LogP) is 1.87. The fourth-order valence-electron chi connectivity index (χ4n) is 1.06. The van der Waals surface area contributed by atoms with Crippen LogP contribution in [-0.4, -0.2) is 20.2 Å². The van der Waals surface area contributed by atoms with Crippen LogP contribution in [0.5, 0.6) is 0 Å². The molecule has 0 aliphatic carbocycles. The number of rotatable bonds is 1. The molecule has 1 heterocycles. The number of nitrogens with zero attached hydrogens (tertiary/aromatic N) is 1. The molecule has 0 aromatic rings. The highest BCUT2D eigenvalue weighted by Gasteiger charge is 2.29. The molecule has 0 saturated carbocycles. The zero-order valence-corrected chi connectivity index (χ0v) is 8.83. The Morgan fingerprint density at radius 2 is 2.00 bits per heavy atom. The van der Waals surface area contributed by atoms with Crippen molar-refractivity contribution >= 4 is 37.0 Å². The van der Waals surface area contributed by atoms with Crippen molar-refractivity contribution in [1.82, 2.24) is 0 Å². The number of halogens is 2. The largest absolute Gasteiger partial charge is 0.280 e. The lowest BCUT2D eigenvalue weighted by atomic mass is 10.3. The van der Waals surface area contributed by atoms with Gasteiger partial charge in [-0.15, -0.1) is 0 Å². The second-order valence-corrected chi connectivity index (χ2v) is 5.42. The lowest BCUT2D eigenvalue weighted by Gasteiger charge is -1.98. The highest BCUT2D eigenvalue weighted by Crippen LogP contribution is 2.30. The normalized spacial score (nSPS) is 24.7. The SMILES string of the molecule is CC1=NC(C)C(Cl)=C1S(=O)(=O)Cl. The average molecular weight is 228 g/mol. The second-order valence-electron chi connectivity index (χ2n) is 2.51. The first kappa shape index (κ1) is 10.0. The van der Waals surface area contributed by atoms with Gasteiger partial charge >= 0.3 is 0 Å². The van der Waals surface area contributed by atoms with Crippen LogP contribution in [0, 0.1) is 0 Å². The Hall–Kier alpha value is -0.0600. The highest BCUT2D eigenvalue weighted by atomic mass is 35.7. The Labute approximate surface area is 80.5 Å². The van der Waals surface area contributed by atoms with Gasteiger partial charge in [0.2, 0.25) is 0 Å². The van der Waals surface area contributed by atoms with Gasteiger partial charge in [0.25, 0.3) is 9.05 Å². The Bertz CT molecular complexity index is 369. The van der Waals surface area contributed by atoms with Gasteiger partial charge in [-0.25, -0.2) is 8.42 Å². The van der Waals surface area contributed by atoms with Crippen LogP contribution in [0.25, 0.3) is 0 Å². The van der Waals surface area contributed by atoms with E-state index >= 15 is 0 Å². The van der Waals surface area contributed by atoms with Crippen molar-refractivity contribution in [3.8, 4) is 0 Å². The molecule has 1 unspecified atom stereocenters. The summed E-state index contributed by atoms with van der Waals surface area (Å²) in [5.74, 6) is 0. The van der Waals surface area contributed by atoms with Gasteiger partial charge < -0.3 is 0 Å². The van der Waals surface area contributed by atoms with Crippen LogP contribution in [0.15, 0.2) is 14.9 Å². The van der Waals surface area contributed by atoms with Crippen LogP contribution in [0.4, 0.5) is 0 Å². The van der Waals surface area contributed by atoms with Gasteiger partial charge in [0, 0.05) is 10.7 Å². The van der Waals surface area contributed by atoms with E-state index in [2.05, 4.69) is 4.99 Å². The molecular weight excluding hydrogens is 221 g/mol. The van der Waals surface area contributed by atoms with Crippen molar-refractivity contribution in [2.45, 2.75) is 19.9 Å². The molecule has 1 aliphatic heterocycles. The molecule has 0 aromatic heterocycles. The summed E-state index contributed by atoms with van der Waals surface area (Å²) in [5.41, 5.74) is 0.377. The molecule has 0 aromatic carbocycles. The summed E-state index contributed by atoms with van der Waals surface area (Å²) in [6.45, 7) is 3.28. The first-order valence-corrected chi connectivity index (χ1v) is 5.92. The Morgan fingerprint density at radius 1 is 1.50 bits per heavy atom. The van der Waals surface area contributed by atoms with E-state index in [0.717, 1.165) is 0 Å². The third kappa shape index (κ3) is 1.65. The van der Waals surface area contributed by atoms with E-state index in [9.17, 15) is 8.42 Å². The molecule has 1 rings (SSSR count). The lowest BCUT2D eigenvalue weighted by Crippen LogP contribution is -2.03. The Balaban J connectivity index is 3.31. The molecule has 0 saturated heterocycles. The van der Waals surface area contributed by atoms with Gasteiger partial charge in [-0.05, 0) is 13.8 Å². The number of allylic oxidation sites excluding steroid dienone is 1. The van der Waals surface area contributed by atoms with Crippen molar-refractivity contribution in [2.75, 3.05) is 0 Å². The molecule has 0 amide bonds. The summed E-state index contributed by atoms with van der Waals surface area (Å²) in [7, 11) is 1.40. The summed E-state index contributed by atoms with van der Waals surface area (Å²) in [6.07, 6.45) is 0. The molecule has 0 fully saturated rings. The molecular formula is C6H7Cl2NO2S. The Morgan fingerprint density at radius 3 is 2.17 bits per heavy atom. The van der Waals surface area contributed by atoms with Crippen LogP contribution < -0.4 is 0 Å². The minimum absolute atomic E-state index is 0.0432. The van der Waals surface area contributed by atoms with E-state index in [1.807, 2.05) is 0 Å². The van der Waals surface area contributed by atoms with Crippen molar-refractivity contribution in [1.29, 1.82) is 0 Å². The van der Waals surface area contributed by atoms with Gasteiger partial charge in [0.05, 0.1) is 16.8 Å². The molecule has 6 heteroatoms. The van der Waals surface area contributed by atoms with Gasteiger partial charge in [-0.1, -0.05) is 11.6 Å². The second kappa shape index (κ2) is 3.01. The molecule has 0 N–H and O–H groups in total. The molecule has 1 atom stereocenters. The van der Waals surface area contributed by atoms with E-state index in [1.54, 1.807) is 13.8 Å². The van der Waals surface area contributed by atoms with Crippen LogP contribution in [0.3, 0.4) is 0 Å². The minimum atomic E-state index is -3.74. The van der Waals surface area contributed by atoms with Gasteiger partial charge in [-0.3, -0.25) is 4.99 Å². The summed E-state index contributed by atoms with van der Waals surface area (Å²) in [6, 6.07) is -0.296. The third-order valence-corrected chi connectivity index (χ3v) is 3.63. The highest BCUT2D eigenvalue weighted by molar-refractivity contribution is 8.17. The predicted molar refractivity (Wildman–Crippen MR) is 50.2 cm³/mol. The zero-order valence-electron chi connectivity index (χ0n) is 6.51. The fourth-order valence-corrected chi connectivity index (χ4v) is 3.06. The number of hydrogen-bond donors (Lipinski definition) is 0. The van der Waals surface area contributed by atoms with E-state index in [1.165, 1.54) is 0 Å². The van der Waals surface area contributed by atoms with E-state index < -0.39 is 9.05 Å². The first-order valence-electron chi connectivity index (χ1n) is 3.23. The van der Waals surface area contributed by atoms with Crippen molar-refractivity contribution in [3.63, 3.8) is 0 Å². The van der Waals surface area contributed by atoms with Gasteiger partial charge in [-0.2, -0.15) is 0 Å². The van der Waals surface area contributed by atoms with E-state index in [4.69, 9.17) is 22.3 Å². The average Bonchev–Trinajstić information content (AvgIpc) is 2.05. The quantitative estimate of drug-likeness (QED) is 0.643. The number of hydrogen-bond acceptors (Lipinski definition) is 3. The maximum absolute atomic E-state index is 10.9. The van der Waals surface area contributed by atoms with Crippen LogP contribution in [-0.2, 0) is 9.05 Å². The fraction of sp³-hybridized carbons (Fsp3) is 0.500. The summed E-state index contributed by atoms with van der Waals surface area (Å²) < 4.78 is 21.9. The van der Waals surface area contributed by atoms with Crippen LogP contribution in [0.2, 0.25) is 0 Å². The zero-order chi connectivity index (χ0) is 9.52. The topological polar surface area (TPSA) is 46.5 Å². The monoisotopic (exact) mass is 227 g/mol. The van der Waals surface area contributed by atoms with Crippen molar-refractivity contribution < 1.29 is 8.42 Å². The summed E-state index contributed by atoms with van der Waals surface area (Å²) in [5, 5.41) is 0.197. The van der Waals surface area contributed by atoms with Crippen LogP contribution >= 0.6 is 22.3 Å². The minimum Gasteiger partial charge on any atom is -0.280 e. The van der Waals surface area contributed by atoms with Crippen molar-refractivity contribution in [2.24, 2.45) is 4.99 Å². The Kier molecular flexibility index (Phi) is 2.52. The molecule has 68 valence electrons. The molecule has 3 nitrogen and oxygen atoms in total. The molecule has 1 aliphatic rings. The smallest absolute Gasteiger partial charge is 0.264 e. The third-order valence-electron chi connectivity index (χ3n) is 1.54. The van der Waals surface area contributed by atoms with E-state index in [-0.39, 0.29) is 16.0 Å². The van der Waals surface area contributed by atoms with Crippen molar-refractivity contribution in [3.05, 3.63) is 9.94 Å². The molecule has 12 heavy (non-hydrogen) atoms. The molecule has 0 bridgehead atoms. The first-order chi connectivity index (χ1) is 5.34. The van der Waals surface area contributed by atoms with E-state index in [0.29, 0.717) is 5.71 Å². The maximum atomic E-state index is 10.9. The van der Waals surface area contributed by atoms with Crippen LogP contribution in [0.1, 0.15) is 13.8 Å². The number of aliphatic imine (C=N–C) groups is 1. The molecule has 0 spiro atoms. The maximum Gasteiger partial charge on any atom is 0.264 e. The summed E-state index contributed by atoms with van der Waals surface area (Å²) >= 11 is 5.71. The standard InChI is InChI=1S/C6H7Cl2NO2S/c1-3-5(7)6(4(2)9-3)12(8,10)11/h3H,1-2H3. The van der Waals surface area contributed by atoms with Gasteiger partial charge in [0.15, 0.2) is 0 Å². The lowest BCUT2D eigenvalue weighted by molar-refractivity contribution is 0.616. The summed E-state index contributed by atoms with van der Waals surface area (Å²) in [4.78, 5) is 3.92.